The SMILES string of the molecule is N[n+]1ccccc1.N[n+]1ccccc1.O=P([O-])([O-])OC[C@H](O)CO. The van der Waals surface area contributed by atoms with Crippen molar-refractivity contribution in [3.05, 3.63) is 61.2 Å². The maximum absolute atomic E-state index is 9.71. The van der Waals surface area contributed by atoms with Crippen molar-refractivity contribution in [3.8, 4) is 0 Å². The second-order valence-corrected chi connectivity index (χ2v) is 5.38. The number of aromatic nitrogens is 2. The van der Waals surface area contributed by atoms with Crippen molar-refractivity contribution in [1.29, 1.82) is 0 Å². The van der Waals surface area contributed by atoms with Crippen LogP contribution in [-0.4, -0.2) is 29.5 Å². The number of pyridine rings is 2. The molecule has 2 aromatic heterocycles. The molecule has 134 valence electrons. The van der Waals surface area contributed by atoms with Crippen LogP contribution in [0.2, 0.25) is 0 Å². The summed E-state index contributed by atoms with van der Waals surface area (Å²) in [6.45, 7) is -1.33. The third kappa shape index (κ3) is 14.9. The van der Waals surface area contributed by atoms with Crippen molar-refractivity contribution in [1.82, 2.24) is 0 Å². The smallest absolute Gasteiger partial charge is 0.199 e. The van der Waals surface area contributed by atoms with E-state index in [1.807, 2.05) is 36.4 Å². The van der Waals surface area contributed by atoms with Crippen LogP contribution in [0.5, 0.6) is 0 Å². The number of nitrogens with two attached hydrogens (primary N) is 2. The lowest BCUT2D eigenvalue weighted by molar-refractivity contribution is -0.639. The van der Waals surface area contributed by atoms with Gasteiger partial charge in [-0.25, -0.2) is 11.7 Å². The molecule has 0 radical (unpaired) electrons. The summed E-state index contributed by atoms with van der Waals surface area (Å²) in [5, 5.41) is 16.6. The van der Waals surface area contributed by atoms with Gasteiger partial charge in [-0.3, -0.25) is 0 Å². The minimum Gasteiger partial charge on any atom is -0.790 e. The zero-order chi connectivity index (χ0) is 18.4. The molecule has 0 spiro atoms. The van der Waals surface area contributed by atoms with E-state index in [4.69, 9.17) is 21.9 Å². The summed E-state index contributed by atoms with van der Waals surface area (Å²) < 4.78 is 16.3. The highest BCUT2D eigenvalue weighted by Crippen LogP contribution is 2.24. The Morgan fingerprint density at radius 3 is 1.54 bits per heavy atom. The van der Waals surface area contributed by atoms with E-state index in [0.717, 1.165) is 0 Å². The number of phosphoric ester groups is 1. The predicted octanol–water partition coefficient (Wildman–Crippen LogP) is -3.44. The number of rotatable bonds is 4. The van der Waals surface area contributed by atoms with E-state index < -0.39 is 27.1 Å². The summed E-state index contributed by atoms with van der Waals surface area (Å²) in [7, 11) is -5.00. The first kappa shape index (κ1) is 21.9. The second kappa shape index (κ2) is 12.4. The van der Waals surface area contributed by atoms with Gasteiger partial charge >= 0.3 is 0 Å². The lowest BCUT2D eigenvalue weighted by atomic mass is 10.4. The standard InChI is InChI=1S/2C5H7N2.C3H9O6P/c2*6-7-4-2-1-3-5-7;4-1-3(5)2-9-10(6,7)8/h2*1-5H,6H2;3-5H,1-2H2,(H2,6,7,8)/q2*+1;/p-2/t;;3-/m..1/s1. The molecule has 0 aliphatic heterocycles. The average molecular weight is 360 g/mol. The summed E-state index contributed by atoms with van der Waals surface area (Å²) in [5.41, 5.74) is 0. The fourth-order valence-electron chi connectivity index (χ4n) is 1.05. The molecule has 0 amide bonds. The van der Waals surface area contributed by atoms with Gasteiger partial charge in [0, 0.05) is 24.3 Å². The Labute approximate surface area is 139 Å². The molecular weight excluding hydrogens is 339 g/mol. The number of nitrogens with zero attached hydrogens (tertiary/aromatic N) is 2. The quantitative estimate of drug-likeness (QED) is 0.248. The van der Waals surface area contributed by atoms with E-state index in [1.165, 1.54) is 9.35 Å². The first-order valence-corrected chi connectivity index (χ1v) is 8.09. The van der Waals surface area contributed by atoms with Crippen molar-refractivity contribution in [2.24, 2.45) is 0 Å². The first-order chi connectivity index (χ1) is 11.2. The van der Waals surface area contributed by atoms with Crippen molar-refractivity contribution >= 4 is 7.82 Å². The van der Waals surface area contributed by atoms with Gasteiger partial charge in [0.05, 0.1) is 21.0 Å². The molecule has 2 rings (SSSR count). The van der Waals surface area contributed by atoms with Gasteiger partial charge in [-0.05, 0) is 0 Å². The van der Waals surface area contributed by atoms with Crippen LogP contribution in [0.25, 0.3) is 0 Å². The van der Waals surface area contributed by atoms with Gasteiger partial charge in [-0.15, -0.1) is 0 Å². The summed E-state index contributed by atoms with van der Waals surface area (Å²) in [4.78, 5) is 19.4. The Bertz CT molecular complexity index is 546. The second-order valence-electron chi connectivity index (χ2n) is 4.22. The molecule has 24 heavy (non-hydrogen) atoms. The van der Waals surface area contributed by atoms with Crippen molar-refractivity contribution in [3.63, 3.8) is 0 Å². The fourth-order valence-corrected chi connectivity index (χ4v) is 1.41. The molecule has 10 nitrogen and oxygen atoms in total. The Hall–Kier alpha value is -2.07. The normalized spacial score (nSPS) is 11.3. The third-order valence-electron chi connectivity index (χ3n) is 2.11. The Balaban J connectivity index is 0.000000337. The van der Waals surface area contributed by atoms with Crippen LogP contribution in [0.1, 0.15) is 0 Å². The zero-order valence-electron chi connectivity index (χ0n) is 12.8. The molecule has 0 saturated heterocycles. The van der Waals surface area contributed by atoms with E-state index in [1.54, 1.807) is 24.8 Å². The van der Waals surface area contributed by atoms with Gasteiger partial charge in [-0.1, -0.05) is 21.5 Å². The highest BCUT2D eigenvalue weighted by Gasteiger charge is 2.01. The molecule has 6 N–H and O–H groups in total. The predicted molar refractivity (Wildman–Crippen MR) is 80.2 cm³/mol. The van der Waals surface area contributed by atoms with Gasteiger partial charge in [-0.2, -0.15) is 0 Å². The molecule has 2 heterocycles. The lowest BCUT2D eigenvalue weighted by Crippen LogP contribution is -2.42. The fraction of sp³-hybridized carbons (Fsp3) is 0.231. The molecule has 11 heteroatoms. The average Bonchev–Trinajstić information content (AvgIpc) is 2.54. The van der Waals surface area contributed by atoms with E-state index in [9.17, 15) is 14.4 Å². The summed E-state index contributed by atoms with van der Waals surface area (Å²) in [6, 6.07) is 11.3. The summed E-state index contributed by atoms with van der Waals surface area (Å²) >= 11 is 0. The van der Waals surface area contributed by atoms with Crippen LogP contribution in [-0.2, 0) is 9.09 Å². The van der Waals surface area contributed by atoms with Crippen molar-refractivity contribution < 1.29 is 38.4 Å². The Kier molecular flexibility index (Phi) is 11.3. The topological polar surface area (TPSA) is 173 Å². The molecule has 0 aliphatic carbocycles. The number of phosphoric acid groups is 1. The molecule has 0 fully saturated rings. The van der Waals surface area contributed by atoms with Crippen molar-refractivity contribution in [2.45, 2.75) is 6.10 Å². The third-order valence-corrected chi connectivity index (χ3v) is 2.58. The van der Waals surface area contributed by atoms with Gasteiger partial charge in [0.15, 0.2) is 24.8 Å². The lowest BCUT2D eigenvalue weighted by Gasteiger charge is -2.29. The van der Waals surface area contributed by atoms with Gasteiger partial charge in [0.2, 0.25) is 0 Å². The molecular formula is C13H21N4O6P. The molecule has 0 aliphatic rings. The van der Waals surface area contributed by atoms with Crippen LogP contribution in [0, 0.1) is 0 Å². The van der Waals surface area contributed by atoms with Crippen LogP contribution in [0.3, 0.4) is 0 Å². The van der Waals surface area contributed by atoms with Crippen molar-refractivity contribution in [2.75, 3.05) is 24.9 Å². The van der Waals surface area contributed by atoms with Crippen LogP contribution in [0.15, 0.2) is 61.2 Å². The minimum atomic E-state index is -5.00. The number of aliphatic hydroxyl groups excluding tert-OH is 2. The molecule has 1 atom stereocenters. The Morgan fingerprint density at radius 2 is 1.33 bits per heavy atom. The summed E-state index contributed by atoms with van der Waals surface area (Å²) in [6.07, 6.45) is 5.79. The molecule has 0 bridgehead atoms. The van der Waals surface area contributed by atoms with E-state index in [0.29, 0.717) is 0 Å². The van der Waals surface area contributed by atoms with Gasteiger partial charge in [0.1, 0.15) is 6.10 Å². The van der Waals surface area contributed by atoms with E-state index in [2.05, 4.69) is 4.52 Å². The Morgan fingerprint density at radius 1 is 0.958 bits per heavy atom. The number of hydrogen-bond acceptors (Lipinski definition) is 8. The monoisotopic (exact) mass is 360 g/mol. The van der Waals surface area contributed by atoms with E-state index in [-0.39, 0.29) is 0 Å². The highest BCUT2D eigenvalue weighted by atomic mass is 31.2. The first-order valence-electron chi connectivity index (χ1n) is 6.63. The van der Waals surface area contributed by atoms with Crippen LogP contribution < -0.4 is 30.8 Å². The molecule has 0 unspecified atom stereocenters. The van der Waals surface area contributed by atoms with Crippen LogP contribution in [0.4, 0.5) is 0 Å². The largest absolute Gasteiger partial charge is 0.790 e. The number of aliphatic hydroxyl groups is 2. The summed E-state index contributed by atoms with van der Waals surface area (Å²) in [5.74, 6) is 10.5. The number of nitrogen functional groups attached to an aromatic ring is 2. The molecule has 2 aromatic rings. The number of hydrogen-bond donors (Lipinski definition) is 4. The maximum atomic E-state index is 9.71. The molecule has 0 saturated carbocycles. The van der Waals surface area contributed by atoms with E-state index >= 15 is 0 Å². The maximum Gasteiger partial charge on any atom is 0.199 e. The minimum absolute atomic E-state index is 0.639. The van der Waals surface area contributed by atoms with Gasteiger partial charge < -0.3 is 29.1 Å². The van der Waals surface area contributed by atoms with Crippen LogP contribution >= 0.6 is 7.82 Å². The highest BCUT2D eigenvalue weighted by molar-refractivity contribution is 7.43. The van der Waals surface area contributed by atoms with Gasteiger partial charge in [0.25, 0.3) is 0 Å². The molecule has 0 aromatic carbocycles. The zero-order valence-corrected chi connectivity index (χ0v) is 13.7.